The van der Waals surface area contributed by atoms with Crippen LogP contribution in [0.3, 0.4) is 0 Å². The summed E-state index contributed by atoms with van der Waals surface area (Å²) in [6.07, 6.45) is -3.47. The van der Waals surface area contributed by atoms with Gasteiger partial charge in [0.1, 0.15) is 18.0 Å². The maximum atomic E-state index is 13.0. The highest BCUT2D eigenvalue weighted by atomic mass is 35.5. The van der Waals surface area contributed by atoms with Gasteiger partial charge in [-0.2, -0.15) is 13.2 Å². The van der Waals surface area contributed by atoms with Crippen LogP contribution in [-0.2, 0) is 15.8 Å². The van der Waals surface area contributed by atoms with Gasteiger partial charge < -0.3 is 15.2 Å². The van der Waals surface area contributed by atoms with Gasteiger partial charge >= 0.3 is 6.18 Å². The molecule has 0 radical (unpaired) electrons. The molecule has 0 bridgehead atoms. The Bertz CT molecular complexity index is 1190. The van der Waals surface area contributed by atoms with Crippen molar-refractivity contribution >= 4 is 63.8 Å². The van der Waals surface area contributed by atoms with Gasteiger partial charge in [0, 0.05) is 10.6 Å². The van der Waals surface area contributed by atoms with E-state index < -0.39 is 35.3 Å². The Labute approximate surface area is 199 Å². The topological polar surface area (TPSA) is 95.9 Å². The monoisotopic (exact) mass is 520 g/mol. The first-order valence-corrected chi connectivity index (χ1v) is 10.5. The average Bonchev–Trinajstić information content (AvgIpc) is 2.98. The van der Waals surface area contributed by atoms with Crippen LogP contribution in [-0.4, -0.2) is 40.7 Å². The number of benzene rings is 2. The number of methoxy groups -OCH3 is 1. The number of phenols is 1. The number of ether oxygens (including phenoxy) is 1. The van der Waals surface area contributed by atoms with Crippen LogP contribution in [0.25, 0.3) is 6.08 Å². The van der Waals surface area contributed by atoms with E-state index in [0.717, 1.165) is 12.1 Å². The minimum Gasteiger partial charge on any atom is -0.506 e. The number of halogens is 5. The molecule has 2 aromatic rings. The Morgan fingerprint density at radius 1 is 1.24 bits per heavy atom. The van der Waals surface area contributed by atoms with Crippen molar-refractivity contribution in [3.63, 3.8) is 0 Å². The zero-order valence-corrected chi connectivity index (χ0v) is 18.8. The van der Waals surface area contributed by atoms with Crippen LogP contribution in [0.15, 0.2) is 35.2 Å². The van der Waals surface area contributed by atoms with E-state index >= 15 is 0 Å². The first-order chi connectivity index (χ1) is 15.4. The molecule has 2 N–H and O–H groups in total. The van der Waals surface area contributed by atoms with Gasteiger partial charge in [-0.3, -0.25) is 19.3 Å². The lowest BCUT2D eigenvalue weighted by molar-refractivity contribution is -0.137. The van der Waals surface area contributed by atoms with Crippen LogP contribution in [0, 0.1) is 0 Å². The Morgan fingerprint density at radius 3 is 2.58 bits per heavy atom. The van der Waals surface area contributed by atoms with Crippen LogP contribution < -0.4 is 10.1 Å². The molecule has 1 saturated heterocycles. The second kappa shape index (κ2) is 9.54. The smallest absolute Gasteiger partial charge is 0.416 e. The highest BCUT2D eigenvalue weighted by Crippen LogP contribution is 2.38. The van der Waals surface area contributed by atoms with Crippen LogP contribution in [0.1, 0.15) is 11.1 Å². The van der Waals surface area contributed by atoms with Crippen molar-refractivity contribution in [2.24, 2.45) is 0 Å². The Hall–Kier alpha value is -2.89. The minimum atomic E-state index is -4.65. The van der Waals surface area contributed by atoms with E-state index in [2.05, 4.69) is 5.32 Å². The number of imide groups is 1. The fourth-order valence-corrected chi connectivity index (χ4v) is 4.13. The summed E-state index contributed by atoms with van der Waals surface area (Å²) in [5, 5.41) is 11.6. The maximum absolute atomic E-state index is 13.0. The number of aromatic hydroxyl groups is 1. The lowest BCUT2D eigenvalue weighted by Gasteiger charge is -2.16. The predicted octanol–water partition coefficient (Wildman–Crippen LogP) is 5.40. The Balaban J connectivity index is 1.79. The summed E-state index contributed by atoms with van der Waals surface area (Å²) in [6, 6.07) is 5.10. The molecule has 3 amide bonds. The first-order valence-electron chi connectivity index (χ1n) is 8.89. The normalized spacial score (nSPS) is 15.3. The third-order valence-corrected chi connectivity index (χ3v) is 5.73. The summed E-state index contributed by atoms with van der Waals surface area (Å²) in [4.78, 5) is 37.8. The number of nitrogens with one attached hydrogen (secondary N) is 1. The van der Waals surface area contributed by atoms with Gasteiger partial charge in [0.05, 0.1) is 28.3 Å². The van der Waals surface area contributed by atoms with Crippen molar-refractivity contribution in [3.8, 4) is 11.5 Å². The summed E-state index contributed by atoms with van der Waals surface area (Å²) < 4.78 is 43.9. The van der Waals surface area contributed by atoms with Crippen LogP contribution >= 0.6 is 35.0 Å². The molecule has 0 aliphatic carbocycles. The molecule has 1 aliphatic rings. The molecule has 13 heteroatoms. The molecule has 7 nitrogen and oxygen atoms in total. The molecule has 0 saturated carbocycles. The van der Waals surface area contributed by atoms with Crippen molar-refractivity contribution in [2.45, 2.75) is 6.18 Å². The summed E-state index contributed by atoms with van der Waals surface area (Å²) >= 11 is 12.2. The molecule has 2 aromatic carbocycles. The number of hydrogen-bond acceptors (Lipinski definition) is 6. The van der Waals surface area contributed by atoms with Gasteiger partial charge in [0.2, 0.25) is 5.91 Å². The Morgan fingerprint density at radius 2 is 1.94 bits per heavy atom. The number of rotatable bonds is 5. The standard InChI is InChI=1S/C20H13Cl2F3N2O5S/c1-32-14-3-2-10(20(23,24)25)6-13(14)26-16(28)8-27-18(30)15(33-19(27)31)5-9-4-11(21)7-12(22)17(9)29/h2-7,29H,8H2,1H3,(H,26,28)/b15-5-. The summed E-state index contributed by atoms with van der Waals surface area (Å²) in [6.45, 7) is -0.760. The Kier molecular flexibility index (Phi) is 7.15. The number of hydrogen-bond donors (Lipinski definition) is 2. The van der Waals surface area contributed by atoms with E-state index in [1.54, 1.807) is 0 Å². The second-order valence-electron chi connectivity index (χ2n) is 6.55. The molecule has 0 unspecified atom stereocenters. The van der Waals surface area contributed by atoms with E-state index in [1.807, 2.05) is 0 Å². The molecular formula is C20H13Cl2F3N2O5S. The van der Waals surface area contributed by atoms with Crippen molar-refractivity contribution in [3.05, 3.63) is 56.4 Å². The van der Waals surface area contributed by atoms with Gasteiger partial charge in [-0.15, -0.1) is 0 Å². The molecule has 3 rings (SSSR count). The van der Waals surface area contributed by atoms with E-state index in [-0.39, 0.29) is 37.7 Å². The molecule has 174 valence electrons. The number of carbonyl (C=O) groups excluding carboxylic acids is 3. The van der Waals surface area contributed by atoms with Crippen LogP contribution in [0.4, 0.5) is 23.7 Å². The van der Waals surface area contributed by atoms with Gasteiger partial charge in [-0.05, 0) is 48.2 Å². The maximum Gasteiger partial charge on any atom is 0.416 e. The largest absolute Gasteiger partial charge is 0.506 e. The summed E-state index contributed by atoms with van der Waals surface area (Å²) in [5.74, 6) is -2.17. The predicted molar refractivity (Wildman–Crippen MR) is 117 cm³/mol. The molecule has 0 aromatic heterocycles. The number of alkyl halides is 3. The van der Waals surface area contributed by atoms with Crippen molar-refractivity contribution in [2.75, 3.05) is 19.0 Å². The quantitative estimate of drug-likeness (QED) is 0.512. The van der Waals surface area contributed by atoms with Gasteiger partial charge in [0.15, 0.2) is 0 Å². The van der Waals surface area contributed by atoms with E-state index in [1.165, 1.54) is 25.3 Å². The van der Waals surface area contributed by atoms with Gasteiger partial charge in [0.25, 0.3) is 11.1 Å². The first kappa shape index (κ1) is 24.7. The fourth-order valence-electron chi connectivity index (χ4n) is 2.79. The molecular weight excluding hydrogens is 508 g/mol. The zero-order chi connectivity index (χ0) is 24.5. The highest BCUT2D eigenvalue weighted by Gasteiger charge is 2.37. The minimum absolute atomic E-state index is 0.0429. The summed E-state index contributed by atoms with van der Waals surface area (Å²) in [7, 11) is 1.21. The summed E-state index contributed by atoms with van der Waals surface area (Å²) in [5.41, 5.74) is -1.22. The molecule has 1 heterocycles. The molecule has 33 heavy (non-hydrogen) atoms. The molecule has 0 atom stereocenters. The van der Waals surface area contributed by atoms with Crippen molar-refractivity contribution in [1.82, 2.24) is 4.90 Å². The van der Waals surface area contributed by atoms with E-state index in [9.17, 15) is 32.7 Å². The molecule has 0 spiro atoms. The van der Waals surface area contributed by atoms with E-state index in [4.69, 9.17) is 27.9 Å². The lowest BCUT2D eigenvalue weighted by atomic mass is 10.1. The lowest BCUT2D eigenvalue weighted by Crippen LogP contribution is -2.36. The third kappa shape index (κ3) is 5.55. The SMILES string of the molecule is COc1ccc(C(F)(F)F)cc1NC(=O)CN1C(=O)S/C(=C\c2cc(Cl)cc(Cl)c2O)C1=O. The molecule has 1 aliphatic heterocycles. The third-order valence-electron chi connectivity index (χ3n) is 4.32. The van der Waals surface area contributed by atoms with Crippen molar-refractivity contribution < 1.29 is 37.4 Å². The van der Waals surface area contributed by atoms with Gasteiger partial charge in [-0.25, -0.2) is 0 Å². The van der Waals surface area contributed by atoms with E-state index in [0.29, 0.717) is 22.7 Å². The number of nitrogens with zero attached hydrogens (tertiary/aromatic N) is 1. The molecule has 1 fully saturated rings. The number of anilines is 1. The number of carbonyl (C=O) groups is 3. The van der Waals surface area contributed by atoms with Crippen LogP contribution in [0.2, 0.25) is 10.0 Å². The fraction of sp³-hybridized carbons (Fsp3) is 0.150. The number of phenolic OH excluding ortho intramolecular Hbond substituents is 1. The number of amides is 3. The second-order valence-corrected chi connectivity index (χ2v) is 8.39. The highest BCUT2D eigenvalue weighted by molar-refractivity contribution is 8.18. The van der Waals surface area contributed by atoms with Crippen LogP contribution in [0.5, 0.6) is 11.5 Å². The number of thioether (sulfide) groups is 1. The zero-order valence-electron chi connectivity index (χ0n) is 16.5. The average molecular weight is 521 g/mol. The van der Waals surface area contributed by atoms with Crippen molar-refractivity contribution in [1.29, 1.82) is 0 Å². The van der Waals surface area contributed by atoms with Gasteiger partial charge in [-0.1, -0.05) is 23.2 Å².